The molecule has 0 aliphatic rings. The lowest BCUT2D eigenvalue weighted by Crippen LogP contribution is -2.11. The summed E-state index contributed by atoms with van der Waals surface area (Å²) in [5, 5.41) is 7.17. The van der Waals surface area contributed by atoms with Crippen molar-refractivity contribution in [2.24, 2.45) is 0 Å². The van der Waals surface area contributed by atoms with Gasteiger partial charge >= 0.3 is 0 Å². The van der Waals surface area contributed by atoms with E-state index in [0.29, 0.717) is 17.5 Å². The fourth-order valence-electron chi connectivity index (χ4n) is 10.3. The van der Waals surface area contributed by atoms with Gasteiger partial charge in [0.25, 0.3) is 0 Å². The molecule has 0 N–H and O–H groups in total. The van der Waals surface area contributed by atoms with Crippen molar-refractivity contribution in [3.8, 4) is 51.2 Å². The zero-order valence-electron chi connectivity index (χ0n) is 35.8. The molecule has 306 valence electrons. The Balaban J connectivity index is 1.28. The number of benzene rings is 9. The maximum Gasteiger partial charge on any atom is 0.164 e. The maximum atomic E-state index is 5.37. The fraction of sp³-hybridized carbons (Fsp3) is 0.0339. The quantitative estimate of drug-likeness (QED) is 0.168. The van der Waals surface area contributed by atoms with Crippen LogP contribution in [0.25, 0.3) is 117 Å². The molecule has 0 aliphatic heterocycles. The summed E-state index contributed by atoms with van der Waals surface area (Å²) in [6.45, 7) is 4.48. The van der Waals surface area contributed by atoms with Crippen LogP contribution in [-0.4, -0.2) is 28.7 Å². The zero-order chi connectivity index (χ0) is 43.2. The summed E-state index contributed by atoms with van der Waals surface area (Å²) in [7, 11) is 0. The van der Waals surface area contributed by atoms with E-state index in [1.165, 1.54) is 54.5 Å². The van der Waals surface area contributed by atoms with Gasteiger partial charge in [-0.15, -0.1) is 0 Å². The number of rotatable bonds is 6. The molecule has 13 aromatic rings. The molecule has 0 aliphatic carbocycles. The van der Waals surface area contributed by atoms with Crippen molar-refractivity contribution in [3.05, 3.63) is 217 Å². The van der Waals surface area contributed by atoms with E-state index in [-0.39, 0.29) is 0 Å². The summed E-state index contributed by atoms with van der Waals surface area (Å²) in [6, 6.07) is 73.6. The van der Waals surface area contributed by atoms with Crippen LogP contribution in [0.5, 0.6) is 0 Å². The van der Waals surface area contributed by atoms with Crippen LogP contribution in [0.4, 0.5) is 0 Å². The molecular formula is C59H40N6. The van der Waals surface area contributed by atoms with Crippen molar-refractivity contribution >= 4 is 65.4 Å². The van der Waals surface area contributed by atoms with E-state index in [9.17, 15) is 0 Å². The number of aromatic nitrogens is 6. The summed E-state index contributed by atoms with van der Waals surface area (Å²) in [5.74, 6) is 1.82. The highest BCUT2D eigenvalue weighted by Crippen LogP contribution is 2.45. The zero-order valence-corrected chi connectivity index (χ0v) is 35.8. The minimum atomic E-state index is 0.586. The van der Waals surface area contributed by atoms with E-state index in [2.05, 4.69) is 197 Å². The summed E-state index contributed by atoms with van der Waals surface area (Å²) in [4.78, 5) is 15.9. The van der Waals surface area contributed by atoms with Gasteiger partial charge in [0, 0.05) is 49.0 Å². The Kier molecular flexibility index (Phi) is 8.24. The molecule has 4 heterocycles. The minimum Gasteiger partial charge on any atom is -0.307 e. The van der Waals surface area contributed by atoms with Crippen LogP contribution in [-0.2, 0) is 0 Å². The molecule has 0 saturated heterocycles. The molecule has 0 radical (unpaired) electrons. The molecular weight excluding hydrogens is 793 g/mol. The molecule has 0 saturated carbocycles. The van der Waals surface area contributed by atoms with Crippen LogP contribution in [0.2, 0.25) is 0 Å². The first-order chi connectivity index (χ1) is 32.1. The Bertz CT molecular complexity index is 3670. The van der Waals surface area contributed by atoms with E-state index < -0.39 is 0 Å². The third kappa shape index (κ3) is 5.63. The molecule has 65 heavy (non-hydrogen) atoms. The van der Waals surface area contributed by atoms with Crippen LogP contribution in [0.3, 0.4) is 0 Å². The first kappa shape index (κ1) is 37.0. The highest BCUT2D eigenvalue weighted by Gasteiger charge is 2.28. The molecule has 6 heteroatoms. The Labute approximate surface area is 375 Å². The molecule has 0 amide bonds. The molecule has 0 unspecified atom stereocenters. The van der Waals surface area contributed by atoms with Crippen LogP contribution in [0.15, 0.2) is 206 Å². The van der Waals surface area contributed by atoms with Gasteiger partial charge in [-0.1, -0.05) is 170 Å². The number of nitrogens with zero attached hydrogens (tertiary/aromatic N) is 6. The Hall–Kier alpha value is -8.61. The molecule has 4 aromatic heterocycles. The van der Waals surface area contributed by atoms with E-state index in [1.807, 2.05) is 36.4 Å². The van der Waals surface area contributed by atoms with E-state index in [0.717, 1.165) is 55.8 Å². The SMILES string of the molecule is Cc1cccc2c3cccc(C)c3n(-c3c(-n4c5ccccc5c5ccccc54)cc(-c4nc(-c5ccccc5)nc(-c5ccccc5)n4)cc3-n3c4ccccc4c4ccccc43)c12. The molecule has 0 bridgehead atoms. The number of hydrogen-bond acceptors (Lipinski definition) is 3. The highest BCUT2D eigenvalue weighted by molar-refractivity contribution is 6.14. The fourth-order valence-corrected chi connectivity index (χ4v) is 10.3. The van der Waals surface area contributed by atoms with E-state index in [1.54, 1.807) is 0 Å². The van der Waals surface area contributed by atoms with Gasteiger partial charge in [0.05, 0.1) is 50.2 Å². The van der Waals surface area contributed by atoms with Gasteiger partial charge in [0.2, 0.25) is 0 Å². The second kappa shape index (κ2) is 14.5. The van der Waals surface area contributed by atoms with E-state index >= 15 is 0 Å². The van der Waals surface area contributed by atoms with Crippen molar-refractivity contribution in [1.82, 2.24) is 28.7 Å². The number of para-hydroxylation sites is 6. The standard InChI is InChI=1S/C59H40N6/c1-37-19-17-29-46-47-30-18-20-38(2)55(47)65(54(37)46)56-52(63-48-31-13-9-25-42(48)43-26-10-14-32-49(43)63)35-41(36-53(56)64-50-33-15-11-27-44(50)45-28-12-16-34-51(45)64)59-61-57(39-21-5-3-6-22-39)60-58(62-59)40-23-7-4-8-24-40/h3-36H,1-2H3. The van der Waals surface area contributed by atoms with Crippen molar-refractivity contribution < 1.29 is 0 Å². The van der Waals surface area contributed by atoms with Gasteiger partial charge in [-0.05, 0) is 61.4 Å². The molecule has 0 fully saturated rings. The highest BCUT2D eigenvalue weighted by atomic mass is 15.1. The summed E-state index contributed by atoms with van der Waals surface area (Å²) in [5.41, 5.74) is 15.0. The molecule has 6 nitrogen and oxygen atoms in total. The molecule has 0 spiro atoms. The Morgan fingerprint density at radius 3 is 1.00 bits per heavy atom. The van der Waals surface area contributed by atoms with E-state index in [4.69, 9.17) is 15.0 Å². The van der Waals surface area contributed by atoms with Crippen molar-refractivity contribution in [2.45, 2.75) is 13.8 Å². The Morgan fingerprint density at radius 2 is 0.615 bits per heavy atom. The van der Waals surface area contributed by atoms with Gasteiger partial charge in [0.15, 0.2) is 17.5 Å². The predicted octanol–water partition coefficient (Wildman–Crippen LogP) is 14.8. The van der Waals surface area contributed by atoms with Crippen molar-refractivity contribution in [1.29, 1.82) is 0 Å². The lowest BCUT2D eigenvalue weighted by molar-refractivity contribution is 1.04. The van der Waals surface area contributed by atoms with Crippen LogP contribution in [0.1, 0.15) is 11.1 Å². The lowest BCUT2D eigenvalue weighted by atomic mass is 10.1. The first-order valence-electron chi connectivity index (χ1n) is 22.1. The van der Waals surface area contributed by atoms with Crippen molar-refractivity contribution in [3.63, 3.8) is 0 Å². The first-order valence-corrected chi connectivity index (χ1v) is 22.1. The van der Waals surface area contributed by atoms with Gasteiger partial charge in [-0.25, -0.2) is 15.0 Å². The number of aryl methyl sites for hydroxylation is 2. The van der Waals surface area contributed by atoms with Gasteiger partial charge in [0.1, 0.15) is 0 Å². The van der Waals surface area contributed by atoms with Gasteiger partial charge < -0.3 is 13.7 Å². The van der Waals surface area contributed by atoms with Gasteiger partial charge in [-0.3, -0.25) is 0 Å². The third-order valence-electron chi connectivity index (χ3n) is 13.1. The largest absolute Gasteiger partial charge is 0.307 e. The molecule has 0 atom stereocenters. The number of hydrogen-bond donors (Lipinski definition) is 0. The maximum absolute atomic E-state index is 5.37. The Morgan fingerprint density at radius 1 is 0.292 bits per heavy atom. The predicted molar refractivity (Wildman–Crippen MR) is 269 cm³/mol. The topological polar surface area (TPSA) is 53.5 Å². The number of fused-ring (bicyclic) bond motifs is 9. The molecule has 13 rings (SSSR count). The summed E-state index contributed by atoms with van der Waals surface area (Å²) in [6.07, 6.45) is 0. The lowest BCUT2D eigenvalue weighted by Gasteiger charge is -2.24. The monoisotopic (exact) mass is 832 g/mol. The second-order valence-electron chi connectivity index (χ2n) is 16.9. The summed E-state index contributed by atoms with van der Waals surface area (Å²) >= 11 is 0. The third-order valence-corrected chi connectivity index (χ3v) is 13.1. The van der Waals surface area contributed by atoms with Crippen LogP contribution < -0.4 is 0 Å². The van der Waals surface area contributed by atoms with Crippen LogP contribution in [0, 0.1) is 13.8 Å². The minimum absolute atomic E-state index is 0.586. The smallest absolute Gasteiger partial charge is 0.164 e. The summed E-state index contributed by atoms with van der Waals surface area (Å²) < 4.78 is 7.48. The van der Waals surface area contributed by atoms with Gasteiger partial charge in [-0.2, -0.15) is 0 Å². The molecule has 9 aromatic carbocycles. The normalized spacial score (nSPS) is 11.8. The average Bonchev–Trinajstić information content (AvgIpc) is 4.01. The average molecular weight is 833 g/mol. The second-order valence-corrected chi connectivity index (χ2v) is 16.9. The van der Waals surface area contributed by atoms with Crippen molar-refractivity contribution in [2.75, 3.05) is 0 Å². The van der Waals surface area contributed by atoms with Crippen LogP contribution >= 0.6 is 0 Å².